The molecule has 0 fully saturated rings. The van der Waals surface area contributed by atoms with Gasteiger partial charge in [-0.3, -0.25) is 4.79 Å². The molecule has 2 aromatic rings. The maximum absolute atomic E-state index is 11.7. The Morgan fingerprint density at radius 2 is 1.75 bits per heavy atom. The molecule has 0 aliphatic carbocycles. The van der Waals surface area contributed by atoms with Crippen molar-refractivity contribution in [2.24, 2.45) is 0 Å². The highest BCUT2D eigenvalue weighted by molar-refractivity contribution is 6.03. The molecule has 16 heavy (non-hydrogen) atoms. The average Bonchev–Trinajstić information content (AvgIpc) is 2.31. The predicted molar refractivity (Wildman–Crippen MR) is 60.8 cm³/mol. The van der Waals surface area contributed by atoms with Crippen LogP contribution in [0.25, 0.3) is 0 Å². The molecule has 0 radical (unpaired) electrons. The molecular formula is C11H10N4O. The fourth-order valence-corrected chi connectivity index (χ4v) is 1.18. The summed E-state index contributed by atoms with van der Waals surface area (Å²) in [5.41, 5.74) is 6.42. The molecule has 1 heterocycles. The van der Waals surface area contributed by atoms with Crippen molar-refractivity contribution in [2.45, 2.75) is 0 Å². The Morgan fingerprint density at radius 3 is 2.38 bits per heavy atom. The summed E-state index contributed by atoms with van der Waals surface area (Å²) in [5, 5.41) is 2.72. The number of carbonyl (C=O) groups excluding carboxylic acids is 1. The van der Waals surface area contributed by atoms with Crippen LogP contribution in [0.15, 0.2) is 42.7 Å². The van der Waals surface area contributed by atoms with Gasteiger partial charge in [-0.15, -0.1) is 0 Å². The van der Waals surface area contributed by atoms with E-state index in [0.29, 0.717) is 5.56 Å². The number of nitrogen functional groups attached to an aromatic ring is 1. The van der Waals surface area contributed by atoms with Gasteiger partial charge in [0.15, 0.2) is 0 Å². The lowest BCUT2D eigenvalue weighted by atomic mass is 10.3. The van der Waals surface area contributed by atoms with Gasteiger partial charge in [0.25, 0.3) is 5.91 Å². The second-order valence-corrected chi connectivity index (χ2v) is 3.15. The molecule has 0 spiro atoms. The smallest absolute Gasteiger partial charge is 0.258 e. The fourth-order valence-electron chi connectivity index (χ4n) is 1.18. The first-order chi connectivity index (χ1) is 7.75. The highest BCUT2D eigenvalue weighted by Crippen LogP contribution is 2.07. The van der Waals surface area contributed by atoms with Crippen molar-refractivity contribution in [1.82, 2.24) is 9.97 Å². The van der Waals surface area contributed by atoms with Gasteiger partial charge in [-0.25, -0.2) is 9.97 Å². The lowest BCUT2D eigenvalue weighted by molar-refractivity contribution is 0.102. The second kappa shape index (κ2) is 4.39. The Balaban J connectivity index is 2.12. The lowest BCUT2D eigenvalue weighted by Gasteiger charge is -2.03. The van der Waals surface area contributed by atoms with Crippen molar-refractivity contribution >= 4 is 17.5 Å². The molecule has 0 bridgehead atoms. The topological polar surface area (TPSA) is 80.9 Å². The predicted octanol–water partition coefficient (Wildman–Crippen LogP) is 1.31. The largest absolute Gasteiger partial charge is 0.368 e. The van der Waals surface area contributed by atoms with Crippen LogP contribution >= 0.6 is 0 Å². The molecule has 0 aliphatic heterocycles. The van der Waals surface area contributed by atoms with E-state index < -0.39 is 0 Å². The third-order valence-corrected chi connectivity index (χ3v) is 1.97. The summed E-state index contributed by atoms with van der Waals surface area (Å²) in [5.74, 6) is -0.109. The number of hydrogen-bond donors (Lipinski definition) is 2. The van der Waals surface area contributed by atoms with Crippen LogP contribution in [0.3, 0.4) is 0 Å². The van der Waals surface area contributed by atoms with E-state index in [1.165, 1.54) is 12.4 Å². The van der Waals surface area contributed by atoms with E-state index in [4.69, 9.17) is 5.73 Å². The Labute approximate surface area is 92.3 Å². The first-order valence-corrected chi connectivity index (χ1v) is 4.69. The number of para-hydroxylation sites is 1. The molecule has 0 saturated carbocycles. The number of hydrogen-bond acceptors (Lipinski definition) is 4. The normalized spacial score (nSPS) is 9.75. The monoisotopic (exact) mass is 214 g/mol. The maximum atomic E-state index is 11.7. The van der Waals surface area contributed by atoms with Gasteiger partial charge in [-0.05, 0) is 12.1 Å². The van der Waals surface area contributed by atoms with Gasteiger partial charge in [0, 0.05) is 18.1 Å². The van der Waals surface area contributed by atoms with E-state index in [0.717, 1.165) is 5.69 Å². The van der Waals surface area contributed by atoms with Gasteiger partial charge >= 0.3 is 0 Å². The van der Waals surface area contributed by atoms with Crippen molar-refractivity contribution in [2.75, 3.05) is 11.1 Å². The number of nitrogens with zero attached hydrogens (tertiary/aromatic N) is 2. The van der Waals surface area contributed by atoms with Crippen molar-refractivity contribution in [3.63, 3.8) is 0 Å². The van der Waals surface area contributed by atoms with Crippen molar-refractivity contribution in [3.8, 4) is 0 Å². The van der Waals surface area contributed by atoms with Crippen LogP contribution < -0.4 is 11.1 Å². The summed E-state index contributed by atoms with van der Waals surface area (Å²) in [6, 6.07) is 9.16. The van der Waals surface area contributed by atoms with Gasteiger partial charge in [0.05, 0.1) is 5.56 Å². The maximum Gasteiger partial charge on any atom is 0.258 e. The Bertz CT molecular complexity index is 481. The molecule has 80 valence electrons. The molecule has 0 atom stereocenters. The Morgan fingerprint density at radius 1 is 1.12 bits per heavy atom. The van der Waals surface area contributed by atoms with E-state index in [-0.39, 0.29) is 11.9 Å². The van der Waals surface area contributed by atoms with Crippen LogP contribution in [0.1, 0.15) is 10.4 Å². The van der Waals surface area contributed by atoms with Crippen LogP contribution in [0.2, 0.25) is 0 Å². The number of nitrogens with two attached hydrogens (primary N) is 1. The molecule has 0 aliphatic rings. The van der Waals surface area contributed by atoms with Crippen LogP contribution in [0.5, 0.6) is 0 Å². The van der Waals surface area contributed by atoms with Crippen molar-refractivity contribution in [3.05, 3.63) is 48.3 Å². The summed E-state index contributed by atoms with van der Waals surface area (Å²) in [7, 11) is 0. The minimum atomic E-state index is -0.258. The minimum Gasteiger partial charge on any atom is -0.368 e. The zero-order valence-electron chi connectivity index (χ0n) is 8.42. The van der Waals surface area contributed by atoms with E-state index in [2.05, 4.69) is 15.3 Å². The van der Waals surface area contributed by atoms with E-state index in [9.17, 15) is 4.79 Å². The number of amides is 1. The highest BCUT2D eigenvalue weighted by Gasteiger charge is 2.06. The van der Waals surface area contributed by atoms with Crippen LogP contribution in [-0.4, -0.2) is 15.9 Å². The number of aromatic nitrogens is 2. The van der Waals surface area contributed by atoms with E-state index in [1.54, 1.807) is 12.1 Å². The minimum absolute atomic E-state index is 0.149. The number of rotatable bonds is 2. The molecule has 0 saturated heterocycles. The van der Waals surface area contributed by atoms with Crippen molar-refractivity contribution in [1.29, 1.82) is 0 Å². The SMILES string of the molecule is Nc1ncc(C(=O)Nc2ccccc2)cn1. The Hall–Kier alpha value is -2.43. The molecule has 1 aromatic carbocycles. The summed E-state index contributed by atoms with van der Waals surface area (Å²) in [6.45, 7) is 0. The molecule has 5 heteroatoms. The average molecular weight is 214 g/mol. The lowest BCUT2D eigenvalue weighted by Crippen LogP contribution is -2.12. The molecule has 0 unspecified atom stereocenters. The van der Waals surface area contributed by atoms with Gasteiger partial charge in [-0.1, -0.05) is 18.2 Å². The standard InChI is InChI=1S/C11H10N4O/c12-11-13-6-8(7-14-11)10(16)15-9-4-2-1-3-5-9/h1-7H,(H,15,16)(H2,12,13,14). The molecular weight excluding hydrogens is 204 g/mol. The van der Waals surface area contributed by atoms with Gasteiger partial charge < -0.3 is 11.1 Å². The first kappa shape index (κ1) is 10.1. The molecule has 3 N–H and O–H groups in total. The van der Waals surface area contributed by atoms with E-state index in [1.807, 2.05) is 18.2 Å². The number of benzene rings is 1. The zero-order chi connectivity index (χ0) is 11.4. The zero-order valence-corrected chi connectivity index (χ0v) is 8.42. The first-order valence-electron chi connectivity index (χ1n) is 4.69. The molecule has 2 rings (SSSR count). The molecule has 5 nitrogen and oxygen atoms in total. The van der Waals surface area contributed by atoms with Crippen LogP contribution in [-0.2, 0) is 0 Å². The quantitative estimate of drug-likeness (QED) is 0.789. The number of anilines is 2. The van der Waals surface area contributed by atoms with Crippen molar-refractivity contribution < 1.29 is 4.79 Å². The summed E-state index contributed by atoms with van der Waals surface area (Å²) < 4.78 is 0. The summed E-state index contributed by atoms with van der Waals surface area (Å²) in [4.78, 5) is 19.2. The van der Waals surface area contributed by atoms with Gasteiger partial charge in [0.2, 0.25) is 5.95 Å². The van der Waals surface area contributed by atoms with E-state index >= 15 is 0 Å². The number of carbonyl (C=O) groups is 1. The number of nitrogens with one attached hydrogen (secondary N) is 1. The molecule has 1 aromatic heterocycles. The van der Waals surface area contributed by atoms with Gasteiger partial charge in [-0.2, -0.15) is 0 Å². The summed E-state index contributed by atoms with van der Waals surface area (Å²) >= 11 is 0. The summed E-state index contributed by atoms with van der Waals surface area (Å²) in [6.07, 6.45) is 2.78. The molecule has 1 amide bonds. The third kappa shape index (κ3) is 2.33. The highest BCUT2D eigenvalue weighted by atomic mass is 16.1. The Kier molecular flexibility index (Phi) is 2.77. The third-order valence-electron chi connectivity index (χ3n) is 1.97. The van der Waals surface area contributed by atoms with Crippen LogP contribution in [0, 0.1) is 0 Å². The van der Waals surface area contributed by atoms with Crippen LogP contribution in [0.4, 0.5) is 11.6 Å². The second-order valence-electron chi connectivity index (χ2n) is 3.15. The van der Waals surface area contributed by atoms with Gasteiger partial charge in [0.1, 0.15) is 0 Å². The fraction of sp³-hybridized carbons (Fsp3) is 0.